The molecule has 2 aromatic heterocycles. The van der Waals surface area contributed by atoms with E-state index in [1.165, 1.54) is 12.1 Å². The number of aromatic nitrogens is 4. The first-order valence-electron chi connectivity index (χ1n) is 10.9. The van der Waals surface area contributed by atoms with Crippen molar-refractivity contribution in [2.24, 2.45) is 0 Å². The van der Waals surface area contributed by atoms with E-state index in [1.54, 1.807) is 30.5 Å². The van der Waals surface area contributed by atoms with Gasteiger partial charge in [0.05, 0.1) is 16.8 Å². The molecule has 0 fully saturated rings. The van der Waals surface area contributed by atoms with Crippen LogP contribution in [0.2, 0.25) is 0 Å². The van der Waals surface area contributed by atoms with Gasteiger partial charge in [0.2, 0.25) is 5.95 Å². The van der Waals surface area contributed by atoms with Crippen LogP contribution < -0.4 is 16.4 Å². The first-order valence-corrected chi connectivity index (χ1v) is 10.9. The minimum absolute atomic E-state index is 0.124. The topological polar surface area (TPSA) is 111 Å². The molecule has 186 valence electrons. The first kappa shape index (κ1) is 24.7. The largest absolute Gasteiger partial charge is 0.416 e. The smallest absolute Gasteiger partial charge is 0.368 e. The monoisotopic (exact) mass is 495 g/mol. The Balaban J connectivity index is 1.59. The van der Waals surface area contributed by atoms with E-state index in [2.05, 4.69) is 20.6 Å². The molecule has 0 spiro atoms. The molecule has 8 nitrogen and oxygen atoms in total. The van der Waals surface area contributed by atoms with Gasteiger partial charge in [0.25, 0.3) is 0 Å². The second kappa shape index (κ2) is 9.33. The van der Waals surface area contributed by atoms with Gasteiger partial charge in [-0.3, -0.25) is 4.68 Å². The van der Waals surface area contributed by atoms with Crippen molar-refractivity contribution in [3.8, 4) is 22.5 Å². The second-order valence-electron chi connectivity index (χ2n) is 9.04. The second-order valence-corrected chi connectivity index (χ2v) is 9.04. The molecule has 0 saturated heterocycles. The van der Waals surface area contributed by atoms with E-state index < -0.39 is 17.8 Å². The molecule has 0 saturated carbocycles. The van der Waals surface area contributed by atoms with E-state index >= 15 is 0 Å². The normalized spacial score (nSPS) is 11.8. The Morgan fingerprint density at radius 3 is 2.31 bits per heavy atom. The van der Waals surface area contributed by atoms with Gasteiger partial charge in [-0.2, -0.15) is 18.3 Å². The molecule has 0 aliphatic heterocycles. The molecular weight excluding hydrogens is 471 g/mol. The standard InChI is InChI=1S/C25H24F3N7O/c1-24(2,3)35-14-19(21(34-35)20-11-12-30-22(29)33-20)15-5-4-6-18(13-15)32-23(36)31-17-9-7-16(8-10-17)25(26,27)28/h4-14H,1-3H3,(H2,29,30,33)(H2,31,32,36). The van der Waals surface area contributed by atoms with Gasteiger partial charge in [0.1, 0.15) is 5.69 Å². The zero-order chi connectivity index (χ0) is 26.1. The Kier molecular flexibility index (Phi) is 6.40. The van der Waals surface area contributed by atoms with E-state index in [9.17, 15) is 18.0 Å². The SMILES string of the molecule is CC(C)(C)n1cc(-c2cccc(NC(=O)Nc3ccc(C(F)(F)F)cc3)c2)c(-c2ccnc(N)n2)n1. The highest BCUT2D eigenvalue weighted by Gasteiger charge is 2.30. The summed E-state index contributed by atoms with van der Waals surface area (Å²) in [5.74, 6) is 0.124. The van der Waals surface area contributed by atoms with Gasteiger partial charge in [-0.1, -0.05) is 12.1 Å². The lowest BCUT2D eigenvalue weighted by Gasteiger charge is -2.18. The number of carbonyl (C=O) groups is 1. The van der Waals surface area contributed by atoms with E-state index in [0.717, 1.165) is 23.3 Å². The molecule has 0 radical (unpaired) electrons. The van der Waals surface area contributed by atoms with E-state index in [0.29, 0.717) is 17.1 Å². The molecule has 11 heteroatoms. The van der Waals surface area contributed by atoms with Gasteiger partial charge in [-0.15, -0.1) is 0 Å². The number of halogens is 3. The Bertz CT molecular complexity index is 1390. The molecule has 2 aromatic carbocycles. The number of amides is 2. The van der Waals surface area contributed by atoms with E-state index in [1.807, 2.05) is 37.7 Å². The van der Waals surface area contributed by atoms with Crippen LogP contribution in [0.1, 0.15) is 26.3 Å². The van der Waals surface area contributed by atoms with Crippen LogP contribution in [0.25, 0.3) is 22.5 Å². The van der Waals surface area contributed by atoms with Crippen LogP contribution in [0.4, 0.5) is 35.3 Å². The van der Waals surface area contributed by atoms with Crippen LogP contribution in [0.5, 0.6) is 0 Å². The summed E-state index contributed by atoms with van der Waals surface area (Å²) in [6.07, 6.45) is -0.992. The average molecular weight is 496 g/mol. The zero-order valence-electron chi connectivity index (χ0n) is 19.8. The summed E-state index contributed by atoms with van der Waals surface area (Å²) in [7, 11) is 0. The number of urea groups is 1. The number of nitrogens with two attached hydrogens (primary N) is 1. The Labute approximate surface area is 205 Å². The highest BCUT2D eigenvalue weighted by atomic mass is 19.4. The summed E-state index contributed by atoms with van der Waals surface area (Å²) in [6.45, 7) is 6.06. The molecule has 36 heavy (non-hydrogen) atoms. The van der Waals surface area contributed by atoms with Crippen molar-refractivity contribution in [1.82, 2.24) is 19.7 Å². The molecular formula is C25H24F3N7O. The van der Waals surface area contributed by atoms with Gasteiger partial charge < -0.3 is 16.4 Å². The lowest BCUT2D eigenvalue weighted by atomic mass is 10.0. The lowest BCUT2D eigenvalue weighted by molar-refractivity contribution is -0.137. The first-order chi connectivity index (χ1) is 16.9. The molecule has 0 atom stereocenters. The minimum Gasteiger partial charge on any atom is -0.368 e. The van der Waals surface area contributed by atoms with Gasteiger partial charge in [-0.25, -0.2) is 14.8 Å². The van der Waals surface area contributed by atoms with Crippen LogP contribution in [-0.2, 0) is 11.7 Å². The molecule has 0 unspecified atom stereocenters. The minimum atomic E-state index is -4.45. The number of nitrogens with zero attached hydrogens (tertiary/aromatic N) is 4. The molecule has 2 heterocycles. The van der Waals surface area contributed by atoms with Crippen molar-refractivity contribution in [2.45, 2.75) is 32.5 Å². The highest BCUT2D eigenvalue weighted by Crippen LogP contribution is 2.34. The zero-order valence-corrected chi connectivity index (χ0v) is 19.8. The summed E-state index contributed by atoms with van der Waals surface area (Å²) in [4.78, 5) is 20.7. The maximum absolute atomic E-state index is 12.8. The van der Waals surface area contributed by atoms with Crippen LogP contribution >= 0.6 is 0 Å². The quantitative estimate of drug-likeness (QED) is 0.321. The van der Waals surface area contributed by atoms with Crippen molar-refractivity contribution in [2.75, 3.05) is 16.4 Å². The van der Waals surface area contributed by atoms with E-state index in [-0.39, 0.29) is 17.2 Å². The number of nitrogens with one attached hydrogen (secondary N) is 2. The number of carbonyl (C=O) groups excluding carboxylic acids is 1. The fraction of sp³-hybridized carbons (Fsp3) is 0.200. The number of hydrogen-bond donors (Lipinski definition) is 3. The van der Waals surface area contributed by atoms with Crippen LogP contribution in [0.3, 0.4) is 0 Å². The third-order valence-corrected chi connectivity index (χ3v) is 5.22. The lowest BCUT2D eigenvalue weighted by Crippen LogP contribution is -2.22. The molecule has 2 amide bonds. The maximum atomic E-state index is 12.8. The number of rotatable bonds is 4. The molecule has 0 aliphatic rings. The predicted molar refractivity (Wildman–Crippen MR) is 132 cm³/mol. The molecule has 4 aromatic rings. The van der Waals surface area contributed by atoms with Crippen molar-refractivity contribution in [3.63, 3.8) is 0 Å². The van der Waals surface area contributed by atoms with Crippen molar-refractivity contribution < 1.29 is 18.0 Å². The third-order valence-electron chi connectivity index (χ3n) is 5.22. The van der Waals surface area contributed by atoms with Gasteiger partial charge in [0, 0.05) is 29.3 Å². The number of anilines is 3. The fourth-order valence-electron chi connectivity index (χ4n) is 3.42. The average Bonchev–Trinajstić information content (AvgIpc) is 3.25. The third kappa shape index (κ3) is 5.62. The number of alkyl halides is 3. The number of nitrogen functional groups attached to an aromatic ring is 1. The summed E-state index contributed by atoms with van der Waals surface area (Å²) >= 11 is 0. The Morgan fingerprint density at radius 1 is 0.972 bits per heavy atom. The summed E-state index contributed by atoms with van der Waals surface area (Å²) < 4.78 is 40.1. The van der Waals surface area contributed by atoms with Crippen LogP contribution in [0.15, 0.2) is 67.0 Å². The highest BCUT2D eigenvalue weighted by molar-refractivity contribution is 6.00. The Hall–Kier alpha value is -4.41. The van der Waals surface area contributed by atoms with Crippen molar-refractivity contribution >= 4 is 23.4 Å². The van der Waals surface area contributed by atoms with Gasteiger partial charge in [-0.05, 0) is 68.8 Å². The molecule has 4 N–H and O–H groups in total. The molecule has 0 bridgehead atoms. The Morgan fingerprint density at radius 2 is 1.67 bits per heavy atom. The number of hydrogen-bond acceptors (Lipinski definition) is 5. The molecule has 0 aliphatic carbocycles. The van der Waals surface area contributed by atoms with Crippen molar-refractivity contribution in [3.05, 3.63) is 72.6 Å². The van der Waals surface area contributed by atoms with Gasteiger partial charge in [0.15, 0.2) is 0 Å². The van der Waals surface area contributed by atoms with Crippen LogP contribution in [0, 0.1) is 0 Å². The predicted octanol–water partition coefficient (Wildman–Crippen LogP) is 6.01. The van der Waals surface area contributed by atoms with Crippen LogP contribution in [-0.4, -0.2) is 25.8 Å². The number of benzene rings is 2. The van der Waals surface area contributed by atoms with Crippen molar-refractivity contribution in [1.29, 1.82) is 0 Å². The summed E-state index contributed by atoms with van der Waals surface area (Å²) in [6, 6.07) is 12.4. The van der Waals surface area contributed by atoms with Gasteiger partial charge >= 0.3 is 12.2 Å². The molecule has 4 rings (SSSR count). The summed E-state index contributed by atoms with van der Waals surface area (Å²) in [5, 5.41) is 9.97. The summed E-state index contributed by atoms with van der Waals surface area (Å²) in [5.41, 5.74) is 8.09. The fourth-order valence-corrected chi connectivity index (χ4v) is 3.42. The van der Waals surface area contributed by atoms with E-state index in [4.69, 9.17) is 10.8 Å². The maximum Gasteiger partial charge on any atom is 0.416 e.